The maximum Gasteiger partial charge on any atom is 0.303 e. The van der Waals surface area contributed by atoms with E-state index in [1.54, 1.807) is 6.92 Å². The summed E-state index contributed by atoms with van der Waals surface area (Å²) in [5.74, 6) is -0.983. The van der Waals surface area contributed by atoms with Gasteiger partial charge in [0.1, 0.15) is 0 Å². The second kappa shape index (κ2) is 8.39. The van der Waals surface area contributed by atoms with E-state index in [0.29, 0.717) is 0 Å². The van der Waals surface area contributed by atoms with Gasteiger partial charge in [0.2, 0.25) is 5.96 Å². The van der Waals surface area contributed by atoms with Gasteiger partial charge in [-0.15, -0.1) is 0 Å². The van der Waals surface area contributed by atoms with Gasteiger partial charge in [0, 0.05) is 6.42 Å². The van der Waals surface area contributed by atoms with E-state index < -0.39 is 5.97 Å². The molecular formula is C17H20N4O2. The fourth-order valence-electron chi connectivity index (χ4n) is 1.97. The Balaban J connectivity index is 0.000000463. The quantitative estimate of drug-likeness (QED) is 0.349. The number of carboxylic acids is 1. The predicted octanol–water partition coefficient (Wildman–Crippen LogP) is 3.06. The number of carboxylic acid groups (broad SMARTS) is 1. The molecule has 0 aliphatic heterocycles. The Bertz CT molecular complexity index is 737. The van der Waals surface area contributed by atoms with Crippen LogP contribution in [-0.2, 0) is 4.79 Å². The summed E-state index contributed by atoms with van der Waals surface area (Å²) >= 11 is 0. The molecule has 0 aliphatic rings. The third-order valence-corrected chi connectivity index (χ3v) is 3.31. The topological polar surface area (TPSA) is 114 Å². The molecule has 0 heterocycles. The van der Waals surface area contributed by atoms with Crippen LogP contribution in [0.2, 0.25) is 0 Å². The number of rotatable bonds is 3. The van der Waals surface area contributed by atoms with Crippen molar-refractivity contribution in [2.45, 2.75) is 26.3 Å². The number of aliphatic carboxylic acids is 1. The Labute approximate surface area is 135 Å². The molecule has 0 fully saturated rings. The molecule has 0 aromatic heterocycles. The van der Waals surface area contributed by atoms with E-state index in [4.69, 9.17) is 21.5 Å². The number of nitrogens with zero attached hydrogens (tertiary/aromatic N) is 2. The smallest absolute Gasteiger partial charge is 0.303 e. The van der Waals surface area contributed by atoms with E-state index in [1.165, 1.54) is 4.90 Å². The van der Waals surface area contributed by atoms with Crippen LogP contribution >= 0.6 is 0 Å². The largest absolute Gasteiger partial charge is 0.481 e. The summed E-state index contributed by atoms with van der Waals surface area (Å²) in [5, 5.41) is 26.4. The summed E-state index contributed by atoms with van der Waals surface area (Å²) in [6.45, 7) is 3.46. The standard InChI is InChI=1S/C14H14N4.C3H6O2/c1-10(18(9-15)14(16)17)12-7-6-11-4-2-3-5-13(11)8-12;1-2-3(4)5/h2-8,10H,1H3,(H3,16,17);2H2,1H3,(H,4,5)/t10-;/m1./s1. The number of hydrogen-bond donors (Lipinski definition) is 3. The zero-order valence-corrected chi connectivity index (χ0v) is 13.2. The molecule has 2 aromatic carbocycles. The Hall–Kier alpha value is -3.07. The molecule has 2 aromatic rings. The van der Waals surface area contributed by atoms with E-state index in [-0.39, 0.29) is 18.4 Å². The first kappa shape index (κ1) is 18.0. The van der Waals surface area contributed by atoms with Gasteiger partial charge < -0.3 is 10.8 Å². The van der Waals surface area contributed by atoms with Gasteiger partial charge >= 0.3 is 5.97 Å². The third-order valence-electron chi connectivity index (χ3n) is 3.31. The molecule has 0 saturated carbocycles. The number of fused-ring (bicyclic) bond motifs is 1. The summed E-state index contributed by atoms with van der Waals surface area (Å²) < 4.78 is 0. The number of hydrogen-bond acceptors (Lipinski definition) is 3. The Morgan fingerprint density at radius 2 is 1.91 bits per heavy atom. The second-order valence-corrected chi connectivity index (χ2v) is 4.89. The fraction of sp³-hybridized carbons (Fsp3) is 0.235. The van der Waals surface area contributed by atoms with Crippen LogP contribution in [0.3, 0.4) is 0 Å². The number of nitrogens with one attached hydrogen (secondary N) is 1. The van der Waals surface area contributed by atoms with Gasteiger partial charge in [0.05, 0.1) is 6.04 Å². The molecule has 0 unspecified atom stereocenters. The Kier molecular flexibility index (Phi) is 6.56. The van der Waals surface area contributed by atoms with Gasteiger partial charge in [-0.2, -0.15) is 5.26 Å². The van der Waals surface area contributed by atoms with Crippen molar-refractivity contribution in [2.75, 3.05) is 0 Å². The van der Waals surface area contributed by atoms with Crippen molar-refractivity contribution in [3.63, 3.8) is 0 Å². The van der Waals surface area contributed by atoms with E-state index in [9.17, 15) is 4.79 Å². The van der Waals surface area contributed by atoms with Crippen LogP contribution in [0.15, 0.2) is 42.5 Å². The molecule has 120 valence electrons. The average molecular weight is 312 g/mol. The maximum atomic E-state index is 9.37. The lowest BCUT2D eigenvalue weighted by atomic mass is 10.0. The van der Waals surface area contributed by atoms with Crippen molar-refractivity contribution in [1.82, 2.24) is 4.90 Å². The lowest BCUT2D eigenvalue weighted by molar-refractivity contribution is -0.136. The van der Waals surface area contributed by atoms with Gasteiger partial charge in [-0.1, -0.05) is 43.3 Å². The molecule has 0 bridgehead atoms. The molecule has 1 atom stereocenters. The van der Waals surface area contributed by atoms with E-state index in [1.807, 2.05) is 55.6 Å². The first-order valence-electron chi connectivity index (χ1n) is 7.14. The summed E-state index contributed by atoms with van der Waals surface area (Å²) in [6.07, 6.45) is 2.15. The highest BCUT2D eigenvalue weighted by atomic mass is 16.4. The van der Waals surface area contributed by atoms with Crippen molar-refractivity contribution < 1.29 is 9.90 Å². The molecule has 0 radical (unpaired) electrons. The molecular weight excluding hydrogens is 292 g/mol. The molecule has 4 N–H and O–H groups in total. The molecule has 23 heavy (non-hydrogen) atoms. The summed E-state index contributed by atoms with van der Waals surface area (Å²) in [4.78, 5) is 10.6. The molecule has 2 rings (SSSR count). The number of carbonyl (C=O) groups is 1. The van der Waals surface area contributed by atoms with Gasteiger partial charge in [-0.25, -0.2) is 4.90 Å². The van der Waals surface area contributed by atoms with Crippen molar-refractivity contribution in [3.8, 4) is 6.19 Å². The van der Waals surface area contributed by atoms with Crippen LogP contribution in [-0.4, -0.2) is 21.9 Å². The average Bonchev–Trinajstić information content (AvgIpc) is 2.55. The molecule has 0 aliphatic carbocycles. The fourth-order valence-corrected chi connectivity index (χ4v) is 1.97. The minimum absolute atomic E-state index is 0.222. The molecule has 0 spiro atoms. The molecule has 0 saturated heterocycles. The molecule has 6 heteroatoms. The highest BCUT2D eigenvalue weighted by Crippen LogP contribution is 2.23. The van der Waals surface area contributed by atoms with Crippen LogP contribution in [0.4, 0.5) is 0 Å². The Morgan fingerprint density at radius 1 is 1.35 bits per heavy atom. The zero-order valence-electron chi connectivity index (χ0n) is 13.2. The minimum Gasteiger partial charge on any atom is -0.481 e. The number of nitriles is 1. The van der Waals surface area contributed by atoms with Gasteiger partial charge in [-0.05, 0) is 29.3 Å². The molecule has 0 amide bonds. The summed E-state index contributed by atoms with van der Waals surface area (Å²) in [5.41, 5.74) is 6.35. The number of nitrogens with two attached hydrogens (primary N) is 1. The maximum absolute atomic E-state index is 9.37. The SMILES string of the molecule is CCC(=O)O.C[C@H](c1ccc2ccccc2c1)N(C#N)C(=N)N. The number of benzene rings is 2. The van der Waals surface area contributed by atoms with E-state index in [0.717, 1.165) is 16.3 Å². The van der Waals surface area contributed by atoms with Crippen molar-refractivity contribution >= 4 is 22.7 Å². The highest BCUT2D eigenvalue weighted by Gasteiger charge is 2.16. The lowest BCUT2D eigenvalue weighted by Crippen LogP contribution is -2.34. The monoisotopic (exact) mass is 312 g/mol. The lowest BCUT2D eigenvalue weighted by Gasteiger charge is -2.22. The summed E-state index contributed by atoms with van der Waals surface area (Å²) in [7, 11) is 0. The van der Waals surface area contributed by atoms with Crippen LogP contribution in [0.1, 0.15) is 31.9 Å². The Morgan fingerprint density at radius 3 is 2.39 bits per heavy atom. The van der Waals surface area contributed by atoms with Crippen molar-refractivity contribution in [1.29, 1.82) is 10.7 Å². The number of guanidine groups is 1. The van der Waals surface area contributed by atoms with Crippen LogP contribution in [0, 0.1) is 16.9 Å². The first-order chi connectivity index (χ1) is 10.9. The van der Waals surface area contributed by atoms with Crippen LogP contribution < -0.4 is 5.73 Å². The summed E-state index contributed by atoms with van der Waals surface area (Å²) in [6, 6.07) is 13.8. The first-order valence-corrected chi connectivity index (χ1v) is 7.14. The van der Waals surface area contributed by atoms with Crippen LogP contribution in [0.25, 0.3) is 10.8 Å². The zero-order chi connectivity index (χ0) is 17.4. The van der Waals surface area contributed by atoms with E-state index >= 15 is 0 Å². The van der Waals surface area contributed by atoms with Crippen molar-refractivity contribution in [2.24, 2.45) is 5.73 Å². The highest BCUT2D eigenvalue weighted by molar-refractivity contribution is 5.83. The van der Waals surface area contributed by atoms with Gasteiger partial charge in [0.25, 0.3) is 0 Å². The van der Waals surface area contributed by atoms with Gasteiger partial charge in [-0.3, -0.25) is 10.2 Å². The van der Waals surface area contributed by atoms with Crippen LogP contribution in [0.5, 0.6) is 0 Å². The van der Waals surface area contributed by atoms with E-state index in [2.05, 4.69) is 0 Å². The second-order valence-electron chi connectivity index (χ2n) is 4.89. The normalized spacial score (nSPS) is 10.8. The van der Waals surface area contributed by atoms with Gasteiger partial charge in [0.15, 0.2) is 6.19 Å². The third kappa shape index (κ3) is 5.00. The predicted molar refractivity (Wildman–Crippen MR) is 89.7 cm³/mol. The minimum atomic E-state index is -0.745. The van der Waals surface area contributed by atoms with Crippen molar-refractivity contribution in [3.05, 3.63) is 48.0 Å². The molecule has 6 nitrogen and oxygen atoms in total.